The van der Waals surface area contributed by atoms with E-state index < -0.39 is 0 Å². The van der Waals surface area contributed by atoms with Crippen LogP contribution in [0.25, 0.3) is 11.6 Å². The molecule has 0 aliphatic rings. The first-order valence-electron chi connectivity index (χ1n) is 11.2. The maximum atomic E-state index is 5.31. The van der Waals surface area contributed by atoms with E-state index in [9.17, 15) is 0 Å². The fraction of sp³-hybridized carbons (Fsp3) is 0.417. The molecule has 3 aromatic rings. The molecule has 8 nitrogen and oxygen atoms in total. The van der Waals surface area contributed by atoms with Crippen LogP contribution in [0.1, 0.15) is 31.7 Å². The number of hydrogen-bond acceptors (Lipinski definition) is 6. The summed E-state index contributed by atoms with van der Waals surface area (Å²) in [5, 5.41) is 10.7. The summed E-state index contributed by atoms with van der Waals surface area (Å²) < 4.78 is 5.31. The molecule has 0 saturated heterocycles. The predicted octanol–water partition coefficient (Wildman–Crippen LogP) is 3.14. The number of aromatic nitrogens is 3. The lowest BCUT2D eigenvalue weighted by molar-refractivity contribution is 0.240. The lowest BCUT2D eigenvalue weighted by Gasteiger charge is -2.24. The number of hydrogen-bond donors (Lipinski definition) is 2. The van der Waals surface area contributed by atoms with Crippen molar-refractivity contribution >= 4 is 5.96 Å². The minimum atomic E-state index is 0.436. The van der Waals surface area contributed by atoms with Crippen molar-refractivity contribution in [2.24, 2.45) is 4.99 Å². The average molecular weight is 436 g/mol. The first-order chi connectivity index (χ1) is 15.7. The zero-order chi connectivity index (χ0) is 22.6. The summed E-state index contributed by atoms with van der Waals surface area (Å²) in [4.78, 5) is 15.7. The number of pyridine rings is 1. The fourth-order valence-corrected chi connectivity index (χ4v) is 3.19. The van der Waals surface area contributed by atoms with Crippen LogP contribution in [0.15, 0.2) is 64.2 Å². The minimum Gasteiger partial charge on any atom is -0.357 e. The molecule has 0 aliphatic heterocycles. The van der Waals surface area contributed by atoms with E-state index in [1.54, 1.807) is 6.20 Å². The first kappa shape index (κ1) is 23.4. The molecule has 0 bridgehead atoms. The second-order valence-electron chi connectivity index (χ2n) is 7.71. The van der Waals surface area contributed by atoms with Gasteiger partial charge in [-0.25, -0.2) is 0 Å². The first-order valence-corrected chi connectivity index (χ1v) is 11.2. The Morgan fingerprint density at radius 1 is 1.12 bits per heavy atom. The van der Waals surface area contributed by atoms with Gasteiger partial charge in [0.1, 0.15) is 5.69 Å². The van der Waals surface area contributed by atoms with Crippen LogP contribution < -0.4 is 10.6 Å². The van der Waals surface area contributed by atoms with Gasteiger partial charge >= 0.3 is 0 Å². The minimum absolute atomic E-state index is 0.436. The summed E-state index contributed by atoms with van der Waals surface area (Å²) in [6, 6.07) is 16.6. The predicted molar refractivity (Wildman–Crippen MR) is 127 cm³/mol. The molecule has 2 N–H and O–H groups in total. The lowest BCUT2D eigenvalue weighted by Crippen LogP contribution is -2.38. The number of aliphatic imine (C=N–C) groups is 1. The molecular weight excluding hydrogens is 402 g/mol. The van der Waals surface area contributed by atoms with Crippen molar-refractivity contribution in [3.8, 4) is 11.6 Å². The Balaban J connectivity index is 1.43. The highest BCUT2D eigenvalue weighted by Crippen LogP contribution is 2.13. The topological polar surface area (TPSA) is 91.5 Å². The van der Waals surface area contributed by atoms with E-state index in [1.807, 2.05) is 18.2 Å². The van der Waals surface area contributed by atoms with E-state index >= 15 is 0 Å². The van der Waals surface area contributed by atoms with Gasteiger partial charge in [-0.2, -0.15) is 4.98 Å². The van der Waals surface area contributed by atoms with Gasteiger partial charge in [0.15, 0.2) is 11.8 Å². The van der Waals surface area contributed by atoms with Gasteiger partial charge in [-0.05, 0) is 45.0 Å². The van der Waals surface area contributed by atoms with E-state index in [2.05, 4.69) is 81.9 Å². The van der Waals surface area contributed by atoms with Gasteiger partial charge < -0.3 is 15.2 Å². The number of nitrogens with zero attached hydrogens (tertiary/aromatic N) is 5. The average Bonchev–Trinajstić information content (AvgIpc) is 3.29. The van der Waals surface area contributed by atoms with Crippen molar-refractivity contribution < 1.29 is 4.52 Å². The Labute approximate surface area is 190 Å². The molecule has 32 heavy (non-hydrogen) atoms. The van der Waals surface area contributed by atoms with Crippen molar-refractivity contribution in [2.45, 2.75) is 39.3 Å². The quantitative estimate of drug-likeness (QED) is 0.353. The molecule has 0 aliphatic carbocycles. The summed E-state index contributed by atoms with van der Waals surface area (Å²) in [6.45, 7) is 7.47. The highest BCUT2D eigenvalue weighted by atomic mass is 16.5. The van der Waals surface area contributed by atoms with E-state index in [0.29, 0.717) is 36.4 Å². The molecule has 0 spiro atoms. The van der Waals surface area contributed by atoms with Crippen LogP contribution in [-0.4, -0.2) is 58.7 Å². The molecule has 1 atom stereocenters. The summed E-state index contributed by atoms with van der Waals surface area (Å²) in [5.41, 5.74) is 2.01. The Hall–Kier alpha value is -3.26. The van der Waals surface area contributed by atoms with Crippen LogP contribution in [0, 0.1) is 0 Å². The molecule has 0 radical (unpaired) electrons. The molecule has 1 aromatic carbocycles. The van der Waals surface area contributed by atoms with E-state index in [-0.39, 0.29) is 0 Å². The zero-order valence-corrected chi connectivity index (χ0v) is 19.2. The molecule has 1 unspecified atom stereocenters. The summed E-state index contributed by atoms with van der Waals surface area (Å²) in [6.07, 6.45) is 3.33. The third-order valence-electron chi connectivity index (χ3n) is 5.18. The van der Waals surface area contributed by atoms with E-state index in [0.717, 1.165) is 32.0 Å². The van der Waals surface area contributed by atoms with Crippen molar-refractivity contribution in [1.29, 1.82) is 0 Å². The second kappa shape index (κ2) is 12.6. The van der Waals surface area contributed by atoms with Gasteiger partial charge in [0.25, 0.3) is 5.89 Å². The molecule has 0 amide bonds. The van der Waals surface area contributed by atoms with Gasteiger partial charge in [-0.15, -0.1) is 0 Å². The SMILES string of the molecule is CCNC(=NCCC(C)N(C)Cc1ccccc1)NCCc1noc(-c2ccccn2)n1. The number of rotatable bonds is 11. The molecule has 0 saturated carbocycles. The largest absolute Gasteiger partial charge is 0.357 e. The molecule has 2 aromatic heterocycles. The summed E-state index contributed by atoms with van der Waals surface area (Å²) in [7, 11) is 2.16. The fourth-order valence-electron chi connectivity index (χ4n) is 3.19. The Kier molecular flexibility index (Phi) is 9.19. The number of nitrogens with one attached hydrogen (secondary N) is 2. The number of benzene rings is 1. The standard InChI is InChI=1S/C24H33N7O/c1-4-25-24(27-16-13-19(2)31(3)18-20-10-6-5-7-11-20)28-17-14-22-29-23(32-30-22)21-12-8-9-15-26-21/h5-12,15,19H,4,13-14,16-18H2,1-3H3,(H2,25,27,28). The third kappa shape index (κ3) is 7.46. The van der Waals surface area contributed by atoms with Gasteiger partial charge in [0.2, 0.25) is 0 Å². The van der Waals surface area contributed by atoms with Crippen molar-refractivity contribution in [3.05, 3.63) is 66.1 Å². The van der Waals surface area contributed by atoms with Crippen LogP contribution in [0.3, 0.4) is 0 Å². The molecule has 2 heterocycles. The lowest BCUT2D eigenvalue weighted by atomic mass is 10.1. The molecule has 8 heteroatoms. The Morgan fingerprint density at radius 2 is 1.94 bits per heavy atom. The maximum Gasteiger partial charge on any atom is 0.276 e. The van der Waals surface area contributed by atoms with Crippen LogP contribution in [-0.2, 0) is 13.0 Å². The van der Waals surface area contributed by atoms with Crippen LogP contribution in [0.5, 0.6) is 0 Å². The smallest absolute Gasteiger partial charge is 0.276 e. The van der Waals surface area contributed by atoms with Crippen LogP contribution in [0.2, 0.25) is 0 Å². The van der Waals surface area contributed by atoms with Crippen molar-refractivity contribution in [3.63, 3.8) is 0 Å². The zero-order valence-electron chi connectivity index (χ0n) is 19.2. The highest BCUT2D eigenvalue weighted by molar-refractivity contribution is 5.79. The van der Waals surface area contributed by atoms with E-state index in [4.69, 9.17) is 9.52 Å². The second-order valence-corrected chi connectivity index (χ2v) is 7.71. The molecule has 0 fully saturated rings. The third-order valence-corrected chi connectivity index (χ3v) is 5.18. The van der Waals surface area contributed by atoms with Gasteiger partial charge in [0, 0.05) is 44.8 Å². The number of guanidine groups is 1. The summed E-state index contributed by atoms with van der Waals surface area (Å²) >= 11 is 0. The molecule has 3 rings (SSSR count). The monoisotopic (exact) mass is 435 g/mol. The van der Waals surface area contributed by atoms with Crippen molar-refractivity contribution in [2.75, 3.05) is 26.7 Å². The van der Waals surface area contributed by atoms with Gasteiger partial charge in [0.05, 0.1) is 0 Å². The van der Waals surface area contributed by atoms with Crippen LogP contribution >= 0.6 is 0 Å². The van der Waals surface area contributed by atoms with Crippen molar-refractivity contribution in [1.82, 2.24) is 30.7 Å². The highest BCUT2D eigenvalue weighted by Gasteiger charge is 2.11. The molecular formula is C24H33N7O. The van der Waals surface area contributed by atoms with Gasteiger partial charge in [-0.3, -0.25) is 14.9 Å². The summed E-state index contributed by atoms with van der Waals surface area (Å²) in [5.74, 6) is 1.89. The van der Waals surface area contributed by atoms with E-state index in [1.165, 1.54) is 5.56 Å². The Bertz CT molecular complexity index is 943. The van der Waals surface area contributed by atoms with Crippen LogP contribution in [0.4, 0.5) is 0 Å². The normalized spacial score (nSPS) is 12.7. The Morgan fingerprint density at radius 3 is 2.69 bits per heavy atom. The van der Waals surface area contributed by atoms with Gasteiger partial charge in [-0.1, -0.05) is 41.6 Å². The maximum absolute atomic E-state index is 5.31. The molecule has 170 valence electrons.